The molecule has 3 N–H and O–H groups in total. The number of nitrogens with zero attached hydrogens (tertiary/aromatic N) is 2. The van der Waals surface area contributed by atoms with Crippen LogP contribution in [-0.4, -0.2) is 104 Å². The lowest BCUT2D eigenvalue weighted by Crippen LogP contribution is -2.58. The van der Waals surface area contributed by atoms with Crippen molar-refractivity contribution in [3.63, 3.8) is 0 Å². The van der Waals surface area contributed by atoms with Gasteiger partial charge >= 0.3 is 11.9 Å². The summed E-state index contributed by atoms with van der Waals surface area (Å²) in [4.78, 5) is 35.7. The van der Waals surface area contributed by atoms with Gasteiger partial charge in [0.15, 0.2) is 28.5 Å². The zero-order chi connectivity index (χ0) is 40.3. The first-order valence-electron chi connectivity index (χ1n) is 19.5. The number of likely N-dealkylation sites (N-methyl/N-ethyl adjacent to an activating group) is 1. The fraction of sp³-hybridized carbons (Fsp3) is 0.488. The van der Waals surface area contributed by atoms with Gasteiger partial charge in [-0.2, -0.15) is 11.8 Å². The average molecular weight is 801 g/mol. The molecule has 4 aliphatic rings. The average Bonchev–Trinajstić information content (AvgIpc) is 3.81. The Kier molecular flexibility index (Phi) is 10.5. The summed E-state index contributed by atoms with van der Waals surface area (Å²) in [5.41, 5.74) is 6.51. The Balaban J connectivity index is 1.33. The van der Waals surface area contributed by atoms with Gasteiger partial charge in [-0.1, -0.05) is 6.07 Å². The molecule has 0 saturated carbocycles. The third kappa shape index (κ3) is 6.45. The summed E-state index contributed by atoms with van der Waals surface area (Å²) in [5.74, 6) is 2.97. The van der Waals surface area contributed by atoms with Gasteiger partial charge in [0.25, 0.3) is 0 Å². The number of H-pyrrole nitrogens is 1. The zero-order valence-corrected chi connectivity index (χ0v) is 34.7. The minimum absolute atomic E-state index is 0.000378. The van der Waals surface area contributed by atoms with Crippen LogP contribution in [0.25, 0.3) is 10.9 Å². The molecule has 1 fully saturated rings. The number of hydrogen-bond donors (Lipinski definition) is 3. The van der Waals surface area contributed by atoms with Gasteiger partial charge in [-0.15, -0.1) is 0 Å². The van der Waals surface area contributed by atoms with E-state index in [9.17, 15) is 14.7 Å². The molecule has 0 amide bonds. The zero-order valence-electron chi connectivity index (χ0n) is 33.9. The third-order valence-electron chi connectivity index (χ3n) is 12.2. The Morgan fingerprint density at radius 1 is 1.02 bits per heavy atom. The number of thioether (sulfide) groups is 1. The number of aromatic amines is 1. The molecule has 5 heterocycles. The normalized spacial score (nSPS) is 23.6. The van der Waals surface area contributed by atoms with E-state index in [1.165, 1.54) is 6.92 Å². The fourth-order valence-electron chi connectivity index (χ4n) is 9.74. The molecule has 0 bridgehead atoms. The number of esters is 2. The summed E-state index contributed by atoms with van der Waals surface area (Å²) < 4.78 is 36.2. The van der Waals surface area contributed by atoms with Gasteiger partial charge in [-0.25, -0.2) is 4.79 Å². The number of cyclic esters (lactones) is 1. The van der Waals surface area contributed by atoms with Crippen LogP contribution in [0.15, 0.2) is 24.3 Å². The molecule has 57 heavy (non-hydrogen) atoms. The highest BCUT2D eigenvalue weighted by molar-refractivity contribution is 7.99. The Bertz CT molecular complexity index is 2260. The lowest BCUT2D eigenvalue weighted by Gasteiger charge is -2.47. The number of fused-ring (bicyclic) bond motifs is 7. The van der Waals surface area contributed by atoms with Crippen LogP contribution < -0.4 is 29.0 Å². The van der Waals surface area contributed by atoms with E-state index in [-0.39, 0.29) is 37.2 Å². The highest BCUT2D eigenvalue weighted by Gasteiger charge is 2.50. The van der Waals surface area contributed by atoms with Crippen LogP contribution >= 0.6 is 11.8 Å². The van der Waals surface area contributed by atoms with Crippen LogP contribution in [-0.2, 0) is 32.7 Å². The molecule has 4 aliphatic heterocycles. The van der Waals surface area contributed by atoms with Gasteiger partial charge in [0, 0.05) is 64.2 Å². The number of methoxy groups -OCH3 is 2. The van der Waals surface area contributed by atoms with E-state index in [1.807, 2.05) is 53.1 Å². The molecular weight excluding hydrogens is 749 g/mol. The molecule has 0 aliphatic carbocycles. The number of aromatic hydroxyl groups is 1. The van der Waals surface area contributed by atoms with Gasteiger partial charge in [0.05, 0.1) is 32.0 Å². The summed E-state index contributed by atoms with van der Waals surface area (Å²) in [6, 6.07) is 6.98. The maximum absolute atomic E-state index is 15.0. The number of ether oxygens (including phenoxy) is 6. The van der Waals surface area contributed by atoms with E-state index >= 15 is 0 Å². The Morgan fingerprint density at radius 3 is 2.54 bits per heavy atom. The van der Waals surface area contributed by atoms with Crippen LogP contribution in [0.3, 0.4) is 0 Å². The van der Waals surface area contributed by atoms with Crippen molar-refractivity contribution in [3.05, 3.63) is 68.9 Å². The van der Waals surface area contributed by atoms with Crippen molar-refractivity contribution in [1.82, 2.24) is 20.1 Å². The highest BCUT2D eigenvalue weighted by Crippen LogP contribution is 2.53. The van der Waals surface area contributed by atoms with E-state index in [4.69, 9.17) is 28.4 Å². The summed E-state index contributed by atoms with van der Waals surface area (Å²) in [5, 5.41) is 16.7. The van der Waals surface area contributed by atoms with Crippen molar-refractivity contribution in [2.24, 2.45) is 0 Å². The van der Waals surface area contributed by atoms with Gasteiger partial charge in [0.1, 0.15) is 18.1 Å². The van der Waals surface area contributed by atoms with Crippen molar-refractivity contribution in [3.8, 4) is 34.5 Å². The summed E-state index contributed by atoms with van der Waals surface area (Å²) in [7, 11) is 7.32. The lowest BCUT2D eigenvalue weighted by atomic mass is 9.85. The molecule has 14 heteroatoms. The van der Waals surface area contributed by atoms with Crippen LogP contribution in [0, 0.1) is 20.8 Å². The predicted octanol–water partition coefficient (Wildman–Crippen LogP) is 5.76. The number of phenols is 1. The molecule has 1 aromatic heterocycles. The molecule has 304 valence electrons. The van der Waals surface area contributed by atoms with Gasteiger partial charge < -0.3 is 43.4 Å². The minimum atomic E-state index is -1.18. The number of phenolic OH excluding ortho intramolecular Hbond substituents is 1. The largest absolute Gasteiger partial charge is 0.504 e. The Labute approximate surface area is 337 Å². The number of hydrogen-bond acceptors (Lipinski definition) is 13. The van der Waals surface area contributed by atoms with Crippen molar-refractivity contribution in [2.75, 3.05) is 66.3 Å². The highest BCUT2D eigenvalue weighted by atomic mass is 32.2. The molecule has 8 rings (SSSR count). The lowest BCUT2D eigenvalue weighted by molar-refractivity contribution is -0.154. The molecule has 13 nitrogen and oxygen atoms in total. The fourth-order valence-corrected chi connectivity index (χ4v) is 11.1. The van der Waals surface area contributed by atoms with Crippen LogP contribution in [0.5, 0.6) is 34.5 Å². The summed E-state index contributed by atoms with van der Waals surface area (Å²) in [6.07, 6.45) is 2.20. The number of rotatable bonds is 5. The van der Waals surface area contributed by atoms with Crippen molar-refractivity contribution < 1.29 is 43.1 Å². The Hall–Kier alpha value is -4.63. The molecule has 0 radical (unpaired) electrons. The second-order valence-electron chi connectivity index (χ2n) is 15.7. The number of aromatic nitrogens is 1. The van der Waals surface area contributed by atoms with E-state index in [2.05, 4.69) is 26.2 Å². The van der Waals surface area contributed by atoms with Crippen LogP contribution in [0.2, 0.25) is 0 Å². The van der Waals surface area contributed by atoms with Crippen LogP contribution in [0.1, 0.15) is 70.1 Å². The van der Waals surface area contributed by atoms with Crippen molar-refractivity contribution >= 4 is 34.6 Å². The van der Waals surface area contributed by atoms with E-state index < -0.39 is 17.6 Å². The first-order chi connectivity index (χ1) is 27.4. The number of carbonyl (C=O) groups excluding carboxylic acids is 2. The Morgan fingerprint density at radius 2 is 1.81 bits per heavy atom. The smallest absolute Gasteiger partial charge is 0.333 e. The second kappa shape index (κ2) is 15.3. The molecule has 1 saturated heterocycles. The molecule has 1 spiro atoms. The number of nitrogens with one attached hydrogen (secondary N) is 2. The van der Waals surface area contributed by atoms with Crippen molar-refractivity contribution in [1.29, 1.82) is 0 Å². The molecule has 4 aromatic rings. The van der Waals surface area contributed by atoms with Gasteiger partial charge in [-0.3, -0.25) is 15.0 Å². The molecule has 2 unspecified atom stereocenters. The topological polar surface area (TPSA) is 144 Å². The SMILES string of the molecule is COc1ccc2[nH]c3c(c2c1)CCN[C@]31CSCC2[C@H](N(C)C)c3c(cc(C)c(OC)c3O)CCCN2C(c2c(C)c(OC(C)=O)c(C)c3c2OCO3)COC1=O. The first kappa shape index (κ1) is 39.2. The molecule has 3 aromatic carbocycles. The maximum Gasteiger partial charge on any atom is 0.333 e. The number of carbonyl (C=O) groups is 2. The molecule has 4 atom stereocenters. The first-order valence-corrected chi connectivity index (χ1v) is 20.7. The second-order valence-corrected chi connectivity index (χ2v) is 16.7. The van der Waals surface area contributed by atoms with Gasteiger partial charge in [0.2, 0.25) is 6.79 Å². The summed E-state index contributed by atoms with van der Waals surface area (Å²) >= 11 is 1.68. The van der Waals surface area contributed by atoms with Gasteiger partial charge in [-0.05, 0) is 95.6 Å². The quantitative estimate of drug-likeness (QED) is 0.166. The maximum atomic E-state index is 15.0. The molecular formula is C43H52N4O9S. The predicted molar refractivity (Wildman–Crippen MR) is 217 cm³/mol. The minimum Gasteiger partial charge on any atom is -0.504 e. The number of benzene rings is 3. The summed E-state index contributed by atoms with van der Waals surface area (Å²) in [6.45, 7) is 8.32. The van der Waals surface area contributed by atoms with E-state index in [0.717, 1.165) is 63.0 Å². The standard InChI is InChI=1S/C43H52N4O9S/c1-22-16-26-10-9-15-47-31(33-23(2)38(56-25(4)48)24(3)39-40(33)55-21-54-39)18-53-42(50)43(20-57-19-32(47)35(46(5)6)34(26)36(49)37(22)52-8)41-28(13-14-44-43)29-17-27(51-7)11-12-30(29)45-41/h11-12,16-17,31-32,35,44-45,49H,9-10,13-15,18-21H2,1-8H3/t31?,32?,35-,43+/m0/s1. The van der Waals surface area contributed by atoms with E-state index in [1.54, 1.807) is 26.0 Å². The number of aryl methyl sites for hydroxylation is 2. The van der Waals surface area contributed by atoms with Crippen LogP contribution in [0.4, 0.5) is 0 Å². The van der Waals surface area contributed by atoms with E-state index in [0.29, 0.717) is 65.1 Å². The third-order valence-corrected chi connectivity index (χ3v) is 13.4. The monoisotopic (exact) mass is 800 g/mol. The van der Waals surface area contributed by atoms with Crippen molar-refractivity contribution in [2.45, 2.75) is 70.6 Å².